The first-order valence-corrected chi connectivity index (χ1v) is 6.28. The third kappa shape index (κ3) is 3.52. The lowest BCUT2D eigenvalue weighted by Crippen LogP contribution is -2.14. The van der Waals surface area contributed by atoms with Crippen LogP contribution < -0.4 is 5.32 Å². The molecule has 0 radical (unpaired) electrons. The second-order valence-electron chi connectivity index (χ2n) is 4.11. The van der Waals surface area contributed by atoms with E-state index in [9.17, 15) is 18.0 Å². The maximum atomic E-state index is 12.5. The molecule has 1 amide bonds. The Morgan fingerprint density at radius 2 is 2.14 bits per heavy atom. The smallest absolute Gasteiger partial charge is 0.318 e. The van der Waals surface area contributed by atoms with E-state index in [0.29, 0.717) is 12.2 Å². The number of carbonyl (C=O) groups excluding carboxylic acids is 1. The molecule has 0 aliphatic rings. The van der Waals surface area contributed by atoms with Crippen molar-refractivity contribution in [1.29, 1.82) is 0 Å². The minimum atomic E-state index is -4.49. The fourth-order valence-corrected chi connectivity index (χ4v) is 1.75. The van der Waals surface area contributed by atoms with Gasteiger partial charge in [0.15, 0.2) is 0 Å². The molecule has 0 aliphatic carbocycles. The summed E-state index contributed by atoms with van der Waals surface area (Å²) >= 11 is 5.74. The maximum Gasteiger partial charge on any atom is 0.416 e. The van der Waals surface area contributed by atoms with Gasteiger partial charge in [-0.2, -0.15) is 13.2 Å². The number of amides is 1. The summed E-state index contributed by atoms with van der Waals surface area (Å²) in [6, 6.07) is 2.65. The van der Waals surface area contributed by atoms with Gasteiger partial charge in [-0.1, -0.05) is 18.5 Å². The molecule has 0 fully saturated rings. The van der Waals surface area contributed by atoms with Crippen molar-refractivity contribution in [2.45, 2.75) is 19.5 Å². The first-order chi connectivity index (χ1) is 9.81. The Morgan fingerprint density at radius 1 is 1.43 bits per heavy atom. The summed E-state index contributed by atoms with van der Waals surface area (Å²) in [6.07, 6.45) is -3.92. The Balaban J connectivity index is 2.18. The fourth-order valence-electron chi connectivity index (χ4n) is 1.53. The summed E-state index contributed by atoms with van der Waals surface area (Å²) < 4.78 is 37.5. The van der Waals surface area contributed by atoms with Crippen LogP contribution in [0.2, 0.25) is 5.02 Å². The highest BCUT2D eigenvalue weighted by Crippen LogP contribution is 2.33. The number of hydrogen-bond acceptors (Lipinski definition) is 3. The fraction of sp³-hybridized carbons (Fsp3) is 0.250. The zero-order valence-corrected chi connectivity index (χ0v) is 11.5. The number of hydrogen-bond donors (Lipinski definition) is 2. The lowest BCUT2D eigenvalue weighted by molar-refractivity contribution is -0.137. The lowest BCUT2D eigenvalue weighted by Gasteiger charge is -2.10. The molecule has 9 heteroatoms. The lowest BCUT2D eigenvalue weighted by atomic mass is 10.2. The molecule has 1 heterocycles. The summed E-state index contributed by atoms with van der Waals surface area (Å²) in [6.45, 7) is 1.83. The van der Waals surface area contributed by atoms with E-state index in [4.69, 9.17) is 11.6 Å². The molecule has 0 atom stereocenters. The number of H-pyrrole nitrogens is 1. The number of anilines is 1. The van der Waals surface area contributed by atoms with E-state index in [2.05, 4.69) is 20.5 Å². The predicted octanol–water partition coefficient (Wildman–Crippen LogP) is 3.29. The average Bonchev–Trinajstić information content (AvgIpc) is 2.88. The first-order valence-electron chi connectivity index (χ1n) is 5.90. The van der Waals surface area contributed by atoms with Crippen LogP contribution >= 0.6 is 11.6 Å². The van der Waals surface area contributed by atoms with E-state index < -0.39 is 17.6 Å². The largest absolute Gasteiger partial charge is 0.416 e. The molecular weight excluding hydrogens is 309 g/mol. The van der Waals surface area contributed by atoms with Gasteiger partial charge in [0.05, 0.1) is 16.3 Å². The third-order valence-electron chi connectivity index (χ3n) is 2.61. The second-order valence-corrected chi connectivity index (χ2v) is 4.51. The van der Waals surface area contributed by atoms with E-state index in [1.54, 1.807) is 0 Å². The van der Waals surface area contributed by atoms with Crippen molar-refractivity contribution >= 4 is 23.2 Å². The van der Waals surface area contributed by atoms with Gasteiger partial charge in [0.2, 0.25) is 5.82 Å². The molecular formula is C12H10ClF3N4O. The second kappa shape index (κ2) is 5.72. The molecule has 2 N–H and O–H groups in total. The van der Waals surface area contributed by atoms with Gasteiger partial charge in [-0.3, -0.25) is 9.89 Å². The Morgan fingerprint density at radius 3 is 2.67 bits per heavy atom. The number of halogens is 4. The summed E-state index contributed by atoms with van der Waals surface area (Å²) in [7, 11) is 0. The van der Waals surface area contributed by atoms with Crippen molar-refractivity contribution in [3.05, 3.63) is 40.4 Å². The number of alkyl halides is 3. The number of carbonyl (C=O) groups is 1. The van der Waals surface area contributed by atoms with E-state index in [0.717, 1.165) is 18.2 Å². The predicted molar refractivity (Wildman–Crippen MR) is 70.2 cm³/mol. The summed E-state index contributed by atoms with van der Waals surface area (Å²) in [5.74, 6) is -0.242. The van der Waals surface area contributed by atoms with Crippen LogP contribution in [-0.2, 0) is 12.6 Å². The molecule has 1 aromatic heterocycles. The van der Waals surface area contributed by atoms with Gasteiger partial charge < -0.3 is 5.32 Å². The van der Waals surface area contributed by atoms with Crippen molar-refractivity contribution in [2.75, 3.05) is 5.32 Å². The van der Waals surface area contributed by atoms with Crippen LogP contribution in [0.25, 0.3) is 0 Å². The molecule has 0 spiro atoms. The zero-order valence-electron chi connectivity index (χ0n) is 10.8. The highest BCUT2D eigenvalue weighted by Gasteiger charge is 2.31. The maximum absolute atomic E-state index is 12.5. The highest BCUT2D eigenvalue weighted by atomic mass is 35.5. The average molecular weight is 319 g/mol. The molecule has 0 aliphatic heterocycles. The van der Waals surface area contributed by atoms with Gasteiger partial charge in [0, 0.05) is 6.42 Å². The van der Waals surface area contributed by atoms with Crippen molar-refractivity contribution in [3.8, 4) is 0 Å². The monoisotopic (exact) mass is 318 g/mol. The third-order valence-corrected chi connectivity index (χ3v) is 2.93. The van der Waals surface area contributed by atoms with Crippen LogP contribution in [0.3, 0.4) is 0 Å². The van der Waals surface area contributed by atoms with Gasteiger partial charge in [0.25, 0.3) is 5.91 Å². The minimum absolute atomic E-state index is 0.0533. The molecule has 2 aromatic rings. The van der Waals surface area contributed by atoms with E-state index in [1.807, 2.05) is 6.92 Å². The number of rotatable bonds is 3. The van der Waals surface area contributed by atoms with Crippen LogP contribution in [0.4, 0.5) is 18.9 Å². The Hall–Kier alpha value is -2.09. The summed E-state index contributed by atoms with van der Waals surface area (Å²) in [5.41, 5.74) is -0.839. The SMILES string of the molecule is CCc1nc(C(=O)Nc2ccc(C(F)(F)F)cc2Cl)n[nH]1. The normalized spacial score (nSPS) is 11.5. The van der Waals surface area contributed by atoms with Gasteiger partial charge in [-0.25, -0.2) is 4.98 Å². The standard InChI is InChI=1S/C12H10ClF3N4O/c1-2-9-18-10(20-19-9)11(21)17-8-4-3-6(5-7(8)13)12(14,15)16/h3-5H,2H2,1H3,(H,17,21)(H,18,19,20). The van der Waals surface area contributed by atoms with Gasteiger partial charge in [-0.05, 0) is 18.2 Å². The quantitative estimate of drug-likeness (QED) is 0.912. The van der Waals surface area contributed by atoms with Gasteiger partial charge in [0.1, 0.15) is 5.82 Å². The minimum Gasteiger partial charge on any atom is -0.318 e. The van der Waals surface area contributed by atoms with Crippen molar-refractivity contribution in [1.82, 2.24) is 15.2 Å². The van der Waals surface area contributed by atoms with Crippen LogP contribution in [0, 0.1) is 0 Å². The van der Waals surface area contributed by atoms with Crippen LogP contribution in [0.1, 0.15) is 28.9 Å². The summed E-state index contributed by atoms with van der Waals surface area (Å²) in [4.78, 5) is 15.7. The first kappa shape index (κ1) is 15.3. The van der Waals surface area contributed by atoms with E-state index in [1.165, 1.54) is 0 Å². The van der Waals surface area contributed by atoms with Gasteiger partial charge in [-0.15, -0.1) is 5.10 Å². The molecule has 0 saturated heterocycles. The number of aryl methyl sites for hydroxylation is 1. The Kier molecular flexibility index (Phi) is 4.17. The number of nitrogens with zero attached hydrogens (tertiary/aromatic N) is 2. The van der Waals surface area contributed by atoms with Crippen LogP contribution in [-0.4, -0.2) is 21.1 Å². The number of benzene rings is 1. The molecule has 0 unspecified atom stereocenters. The zero-order chi connectivity index (χ0) is 15.6. The summed E-state index contributed by atoms with van der Waals surface area (Å²) in [5, 5.41) is 8.40. The van der Waals surface area contributed by atoms with Crippen LogP contribution in [0.5, 0.6) is 0 Å². The van der Waals surface area contributed by atoms with Crippen molar-refractivity contribution in [3.63, 3.8) is 0 Å². The molecule has 2 rings (SSSR count). The highest BCUT2D eigenvalue weighted by molar-refractivity contribution is 6.34. The van der Waals surface area contributed by atoms with Crippen molar-refractivity contribution in [2.24, 2.45) is 0 Å². The molecule has 112 valence electrons. The van der Waals surface area contributed by atoms with Crippen LogP contribution in [0.15, 0.2) is 18.2 Å². The van der Waals surface area contributed by atoms with E-state index in [-0.39, 0.29) is 16.5 Å². The molecule has 21 heavy (non-hydrogen) atoms. The van der Waals surface area contributed by atoms with E-state index >= 15 is 0 Å². The molecule has 0 bridgehead atoms. The topological polar surface area (TPSA) is 70.7 Å². The Labute approximate surface area is 122 Å². The molecule has 1 aromatic carbocycles. The number of aromatic nitrogens is 3. The number of aromatic amines is 1. The van der Waals surface area contributed by atoms with Crippen molar-refractivity contribution < 1.29 is 18.0 Å². The Bertz CT molecular complexity index is 669. The molecule has 5 nitrogen and oxygen atoms in total. The van der Waals surface area contributed by atoms with Gasteiger partial charge >= 0.3 is 6.18 Å². The molecule has 0 saturated carbocycles. The number of nitrogens with one attached hydrogen (secondary N) is 2.